The van der Waals surface area contributed by atoms with Crippen LogP contribution in [0.5, 0.6) is 5.75 Å². The van der Waals surface area contributed by atoms with Gasteiger partial charge in [-0.15, -0.1) is 0 Å². The highest BCUT2D eigenvalue weighted by atomic mass is 19.1. The lowest BCUT2D eigenvalue weighted by atomic mass is 9.86. The molecule has 4 heteroatoms. The predicted octanol–water partition coefficient (Wildman–Crippen LogP) is 3.18. The van der Waals surface area contributed by atoms with Crippen molar-refractivity contribution in [3.63, 3.8) is 0 Å². The lowest BCUT2D eigenvalue weighted by Crippen LogP contribution is -2.40. The standard InChI is InChI=1S/C15H20FNO2/c1-10-4-3-5-11(8-10)17(2)15(19)13-7-6-12(18)9-14(13)16/h6-7,9-11,18H,3-5,8H2,1-2H3. The Kier molecular flexibility index (Phi) is 4.08. The first-order valence-electron chi connectivity index (χ1n) is 6.74. The summed E-state index contributed by atoms with van der Waals surface area (Å²) in [6, 6.07) is 3.85. The van der Waals surface area contributed by atoms with Crippen molar-refractivity contribution in [1.82, 2.24) is 4.90 Å². The molecule has 0 saturated heterocycles. The molecule has 2 rings (SSSR count). The van der Waals surface area contributed by atoms with Crippen molar-refractivity contribution >= 4 is 5.91 Å². The van der Waals surface area contributed by atoms with Gasteiger partial charge in [-0.25, -0.2) is 4.39 Å². The maximum Gasteiger partial charge on any atom is 0.256 e. The lowest BCUT2D eigenvalue weighted by molar-refractivity contribution is 0.0667. The van der Waals surface area contributed by atoms with Gasteiger partial charge in [-0.2, -0.15) is 0 Å². The average molecular weight is 265 g/mol. The first-order chi connectivity index (χ1) is 8.99. The van der Waals surface area contributed by atoms with Crippen molar-refractivity contribution in [2.24, 2.45) is 5.92 Å². The molecule has 0 bridgehead atoms. The first kappa shape index (κ1) is 13.8. The SMILES string of the molecule is CC1CCCC(N(C)C(=O)c2ccc(O)cc2F)C1. The summed E-state index contributed by atoms with van der Waals surface area (Å²) >= 11 is 0. The molecule has 19 heavy (non-hydrogen) atoms. The van der Waals surface area contributed by atoms with E-state index >= 15 is 0 Å². The minimum atomic E-state index is -0.666. The van der Waals surface area contributed by atoms with E-state index in [-0.39, 0.29) is 23.3 Å². The van der Waals surface area contributed by atoms with Crippen molar-refractivity contribution in [1.29, 1.82) is 0 Å². The molecule has 1 aromatic carbocycles. The highest BCUT2D eigenvalue weighted by molar-refractivity contribution is 5.94. The van der Waals surface area contributed by atoms with Crippen molar-refractivity contribution < 1.29 is 14.3 Å². The van der Waals surface area contributed by atoms with E-state index in [4.69, 9.17) is 0 Å². The molecular weight excluding hydrogens is 245 g/mol. The molecule has 0 heterocycles. The van der Waals surface area contributed by atoms with Crippen molar-refractivity contribution in [2.45, 2.75) is 38.6 Å². The first-order valence-corrected chi connectivity index (χ1v) is 6.74. The molecule has 1 fully saturated rings. The van der Waals surface area contributed by atoms with Gasteiger partial charge in [0.1, 0.15) is 11.6 Å². The molecule has 1 aromatic rings. The maximum atomic E-state index is 13.7. The fraction of sp³-hybridized carbons (Fsp3) is 0.533. The van der Waals surface area contributed by atoms with E-state index in [2.05, 4.69) is 6.92 Å². The highest BCUT2D eigenvalue weighted by Gasteiger charge is 2.27. The topological polar surface area (TPSA) is 40.5 Å². The van der Waals surface area contributed by atoms with Gasteiger partial charge >= 0.3 is 0 Å². The number of aromatic hydroxyl groups is 1. The van der Waals surface area contributed by atoms with Crippen molar-refractivity contribution in [2.75, 3.05) is 7.05 Å². The van der Waals surface area contributed by atoms with Crippen LogP contribution in [-0.2, 0) is 0 Å². The molecule has 0 radical (unpaired) electrons. The number of nitrogens with zero attached hydrogens (tertiary/aromatic N) is 1. The molecule has 0 spiro atoms. The molecule has 3 nitrogen and oxygen atoms in total. The van der Waals surface area contributed by atoms with E-state index in [9.17, 15) is 14.3 Å². The summed E-state index contributed by atoms with van der Waals surface area (Å²) in [5, 5.41) is 9.18. The Balaban J connectivity index is 2.14. The number of phenolic OH excluding ortho intramolecular Hbond substituents is 1. The van der Waals surface area contributed by atoms with E-state index in [1.165, 1.54) is 18.6 Å². The van der Waals surface area contributed by atoms with E-state index < -0.39 is 5.82 Å². The number of benzene rings is 1. The highest BCUT2D eigenvalue weighted by Crippen LogP contribution is 2.28. The molecule has 1 N–H and O–H groups in total. The molecule has 2 atom stereocenters. The van der Waals surface area contributed by atoms with Gasteiger partial charge in [-0.1, -0.05) is 19.8 Å². The average Bonchev–Trinajstić information content (AvgIpc) is 2.37. The third-order valence-corrected chi connectivity index (χ3v) is 3.96. The molecule has 2 unspecified atom stereocenters. The largest absolute Gasteiger partial charge is 0.508 e. The number of carbonyl (C=O) groups is 1. The van der Waals surface area contributed by atoms with E-state index in [1.54, 1.807) is 11.9 Å². The second-order valence-corrected chi connectivity index (χ2v) is 5.51. The number of carbonyl (C=O) groups excluding carboxylic acids is 1. The quantitative estimate of drug-likeness (QED) is 0.892. The van der Waals surface area contributed by atoms with Gasteiger partial charge in [0.05, 0.1) is 5.56 Å². The predicted molar refractivity (Wildman–Crippen MR) is 71.6 cm³/mol. The van der Waals surface area contributed by atoms with Crippen LogP contribution in [0.2, 0.25) is 0 Å². The summed E-state index contributed by atoms with van der Waals surface area (Å²) in [5.74, 6) is -0.529. The van der Waals surface area contributed by atoms with Gasteiger partial charge in [-0.05, 0) is 30.9 Å². The number of hydrogen-bond acceptors (Lipinski definition) is 2. The lowest BCUT2D eigenvalue weighted by Gasteiger charge is -2.34. The third-order valence-electron chi connectivity index (χ3n) is 3.96. The Morgan fingerprint density at radius 1 is 1.42 bits per heavy atom. The molecule has 104 valence electrons. The molecule has 0 aliphatic heterocycles. The van der Waals surface area contributed by atoms with Crippen LogP contribution >= 0.6 is 0 Å². The summed E-state index contributed by atoms with van der Waals surface area (Å²) in [6.07, 6.45) is 4.27. The molecule has 0 aromatic heterocycles. The Bertz CT molecular complexity index is 475. The monoisotopic (exact) mass is 265 g/mol. The normalized spacial score (nSPS) is 23.1. The number of amides is 1. The molecule has 1 saturated carbocycles. The van der Waals surface area contributed by atoms with E-state index in [0.29, 0.717) is 5.92 Å². The Hall–Kier alpha value is -1.58. The Labute approximate surface area is 113 Å². The van der Waals surface area contributed by atoms with Crippen LogP contribution in [0.4, 0.5) is 4.39 Å². The summed E-state index contributed by atoms with van der Waals surface area (Å²) in [6.45, 7) is 2.19. The molecular formula is C15H20FNO2. The molecule has 1 aliphatic carbocycles. The smallest absolute Gasteiger partial charge is 0.256 e. The van der Waals surface area contributed by atoms with Crippen LogP contribution in [0.3, 0.4) is 0 Å². The van der Waals surface area contributed by atoms with Crippen LogP contribution in [0.15, 0.2) is 18.2 Å². The third kappa shape index (κ3) is 3.06. The molecule has 1 aliphatic rings. The minimum absolute atomic E-state index is 0.0264. The zero-order valence-electron chi connectivity index (χ0n) is 11.4. The number of hydrogen-bond donors (Lipinski definition) is 1. The summed E-state index contributed by atoms with van der Waals surface area (Å²) in [5.41, 5.74) is 0.0264. The summed E-state index contributed by atoms with van der Waals surface area (Å²) < 4.78 is 13.7. The van der Waals surface area contributed by atoms with E-state index in [1.807, 2.05) is 0 Å². The second-order valence-electron chi connectivity index (χ2n) is 5.51. The maximum absolute atomic E-state index is 13.7. The number of phenols is 1. The van der Waals surface area contributed by atoms with Gasteiger partial charge in [0.15, 0.2) is 0 Å². The van der Waals surface area contributed by atoms with Gasteiger partial charge in [-0.3, -0.25) is 4.79 Å². The summed E-state index contributed by atoms with van der Waals surface area (Å²) in [7, 11) is 1.73. The minimum Gasteiger partial charge on any atom is -0.508 e. The van der Waals surface area contributed by atoms with Crippen LogP contribution < -0.4 is 0 Å². The summed E-state index contributed by atoms with van der Waals surface area (Å²) in [4.78, 5) is 13.9. The fourth-order valence-corrected chi connectivity index (χ4v) is 2.79. The Morgan fingerprint density at radius 3 is 2.79 bits per heavy atom. The van der Waals surface area contributed by atoms with Crippen LogP contribution in [-0.4, -0.2) is 29.0 Å². The van der Waals surface area contributed by atoms with Gasteiger partial charge in [0.25, 0.3) is 5.91 Å². The van der Waals surface area contributed by atoms with Crippen LogP contribution in [0.25, 0.3) is 0 Å². The Morgan fingerprint density at radius 2 is 2.16 bits per heavy atom. The van der Waals surface area contributed by atoms with Gasteiger partial charge in [0, 0.05) is 19.2 Å². The van der Waals surface area contributed by atoms with Crippen molar-refractivity contribution in [3.05, 3.63) is 29.6 Å². The van der Waals surface area contributed by atoms with Crippen LogP contribution in [0.1, 0.15) is 43.0 Å². The van der Waals surface area contributed by atoms with Crippen molar-refractivity contribution in [3.8, 4) is 5.75 Å². The van der Waals surface area contributed by atoms with Crippen LogP contribution in [0, 0.1) is 11.7 Å². The number of halogens is 1. The second kappa shape index (κ2) is 5.59. The van der Waals surface area contributed by atoms with Gasteiger partial charge in [0.2, 0.25) is 0 Å². The zero-order chi connectivity index (χ0) is 14.0. The molecule has 1 amide bonds. The zero-order valence-corrected chi connectivity index (χ0v) is 11.4. The fourth-order valence-electron chi connectivity index (χ4n) is 2.79. The van der Waals surface area contributed by atoms with Gasteiger partial charge < -0.3 is 10.0 Å². The number of rotatable bonds is 2. The van der Waals surface area contributed by atoms with E-state index in [0.717, 1.165) is 25.3 Å².